The van der Waals surface area contributed by atoms with Crippen molar-refractivity contribution in [1.29, 1.82) is 0 Å². The van der Waals surface area contributed by atoms with E-state index in [9.17, 15) is 26.3 Å². The fourth-order valence-electron chi connectivity index (χ4n) is 1.48. The highest BCUT2D eigenvalue weighted by molar-refractivity contribution is 5.48. The Labute approximate surface area is 104 Å². The maximum atomic E-state index is 12.7. The van der Waals surface area contributed by atoms with E-state index in [1.165, 1.54) is 13.8 Å². The van der Waals surface area contributed by atoms with Crippen molar-refractivity contribution in [3.63, 3.8) is 0 Å². The molecule has 108 valence electrons. The molecule has 8 heteroatoms. The van der Waals surface area contributed by atoms with Crippen LogP contribution in [0.25, 0.3) is 0 Å². The molecule has 0 unspecified atom stereocenters. The Hall–Kier alpha value is -1.60. The summed E-state index contributed by atoms with van der Waals surface area (Å²) in [4.78, 5) is 0. The highest BCUT2D eigenvalue weighted by Gasteiger charge is 2.38. The molecule has 0 saturated carbocycles. The van der Waals surface area contributed by atoms with Crippen molar-refractivity contribution in [2.24, 2.45) is 0 Å². The number of aryl methyl sites for hydroxylation is 1. The summed E-state index contributed by atoms with van der Waals surface area (Å²) in [7, 11) is 0. The van der Waals surface area contributed by atoms with E-state index in [0.717, 1.165) is 6.07 Å². The molecule has 0 atom stereocenters. The minimum Gasteiger partial charge on any atom is -0.493 e. The molecule has 0 N–H and O–H groups in total. The van der Waals surface area contributed by atoms with Gasteiger partial charge in [-0.2, -0.15) is 13.2 Å². The zero-order chi connectivity index (χ0) is 14.8. The molecule has 0 spiro atoms. The van der Waals surface area contributed by atoms with E-state index >= 15 is 0 Å². The van der Waals surface area contributed by atoms with Crippen molar-refractivity contribution >= 4 is 0 Å². The largest absolute Gasteiger partial charge is 0.573 e. The summed E-state index contributed by atoms with van der Waals surface area (Å²) in [6.45, 7) is 2.65. The fourth-order valence-corrected chi connectivity index (χ4v) is 1.48. The van der Waals surface area contributed by atoms with Crippen LogP contribution >= 0.6 is 0 Å². The second-order valence-electron chi connectivity index (χ2n) is 3.60. The van der Waals surface area contributed by atoms with Crippen LogP contribution in [0.5, 0.6) is 11.5 Å². The predicted octanol–water partition coefficient (Wildman–Crippen LogP) is 4.31. The third-order valence-electron chi connectivity index (χ3n) is 2.08. The Kier molecular flexibility index (Phi) is 4.21. The van der Waals surface area contributed by atoms with Crippen LogP contribution < -0.4 is 9.47 Å². The lowest BCUT2D eigenvalue weighted by Crippen LogP contribution is -2.18. The van der Waals surface area contributed by atoms with E-state index in [-0.39, 0.29) is 18.2 Å². The standard InChI is InChI=1S/C11H10F6O2/c1-3-18-9-6(2)4-7(19-11(15,16)17)5-8(9)10(12,13)14/h4-5H,3H2,1-2H3. The molecule has 0 bridgehead atoms. The number of halogens is 6. The summed E-state index contributed by atoms with van der Waals surface area (Å²) in [5, 5.41) is 0. The summed E-state index contributed by atoms with van der Waals surface area (Å²) in [6.07, 6.45) is -9.89. The lowest BCUT2D eigenvalue weighted by atomic mass is 10.1. The van der Waals surface area contributed by atoms with E-state index in [4.69, 9.17) is 4.74 Å². The van der Waals surface area contributed by atoms with Gasteiger partial charge in [-0.25, -0.2) is 0 Å². The minimum absolute atomic E-state index is 0.0383. The Morgan fingerprint density at radius 2 is 1.63 bits per heavy atom. The van der Waals surface area contributed by atoms with E-state index in [1.54, 1.807) is 0 Å². The SMILES string of the molecule is CCOc1c(C)cc(OC(F)(F)F)cc1C(F)(F)F. The lowest BCUT2D eigenvalue weighted by molar-refractivity contribution is -0.274. The molecule has 0 amide bonds. The van der Waals surface area contributed by atoms with E-state index in [1.807, 2.05) is 0 Å². The highest BCUT2D eigenvalue weighted by Crippen LogP contribution is 2.41. The second-order valence-corrected chi connectivity index (χ2v) is 3.60. The molecule has 0 fully saturated rings. The van der Waals surface area contributed by atoms with E-state index < -0.39 is 29.6 Å². The van der Waals surface area contributed by atoms with Gasteiger partial charge in [0.2, 0.25) is 0 Å². The number of alkyl halides is 6. The summed E-state index contributed by atoms with van der Waals surface area (Å²) in [5.41, 5.74) is -1.38. The quantitative estimate of drug-likeness (QED) is 0.771. The molecule has 0 saturated heterocycles. The summed E-state index contributed by atoms with van der Waals surface area (Å²) in [6, 6.07) is 1.11. The monoisotopic (exact) mass is 288 g/mol. The maximum absolute atomic E-state index is 12.7. The van der Waals surface area contributed by atoms with Crippen LogP contribution in [-0.2, 0) is 6.18 Å². The molecule has 0 aliphatic heterocycles. The second kappa shape index (κ2) is 5.18. The molecule has 19 heavy (non-hydrogen) atoms. The molecule has 0 heterocycles. The summed E-state index contributed by atoms with van der Waals surface area (Å²) in [5.74, 6) is -1.43. The Morgan fingerprint density at radius 1 is 1.05 bits per heavy atom. The van der Waals surface area contributed by atoms with Gasteiger partial charge in [0.1, 0.15) is 17.1 Å². The number of hydrogen-bond acceptors (Lipinski definition) is 2. The normalized spacial score (nSPS) is 12.4. The van der Waals surface area contributed by atoms with E-state index in [0.29, 0.717) is 0 Å². The van der Waals surface area contributed by atoms with Crippen molar-refractivity contribution in [2.75, 3.05) is 6.61 Å². The van der Waals surface area contributed by atoms with Crippen molar-refractivity contribution in [1.82, 2.24) is 0 Å². The van der Waals surface area contributed by atoms with Gasteiger partial charge in [0.05, 0.1) is 6.61 Å². The van der Waals surface area contributed by atoms with Gasteiger partial charge in [0.25, 0.3) is 0 Å². The maximum Gasteiger partial charge on any atom is 0.573 e. The molecule has 1 aromatic rings. The first-order chi connectivity index (χ1) is 8.54. The average molecular weight is 288 g/mol. The molecule has 2 nitrogen and oxygen atoms in total. The Morgan fingerprint density at radius 3 is 2.05 bits per heavy atom. The van der Waals surface area contributed by atoms with Crippen LogP contribution in [0.1, 0.15) is 18.1 Å². The number of rotatable bonds is 3. The number of ether oxygens (including phenoxy) is 2. The van der Waals surface area contributed by atoms with Crippen LogP contribution in [0.2, 0.25) is 0 Å². The van der Waals surface area contributed by atoms with Gasteiger partial charge in [0.15, 0.2) is 0 Å². The third kappa shape index (κ3) is 4.22. The Balaban J connectivity index is 3.31. The molecular weight excluding hydrogens is 278 g/mol. The van der Waals surface area contributed by atoms with Crippen LogP contribution in [-0.4, -0.2) is 13.0 Å². The average Bonchev–Trinajstić information content (AvgIpc) is 2.17. The zero-order valence-corrected chi connectivity index (χ0v) is 9.95. The van der Waals surface area contributed by atoms with Crippen molar-refractivity contribution in [3.8, 4) is 11.5 Å². The Bertz CT molecular complexity index is 450. The highest BCUT2D eigenvalue weighted by atomic mass is 19.4. The van der Waals surface area contributed by atoms with Crippen molar-refractivity contribution in [3.05, 3.63) is 23.3 Å². The topological polar surface area (TPSA) is 18.5 Å². The number of benzene rings is 1. The molecule has 1 aromatic carbocycles. The van der Waals surface area contributed by atoms with Gasteiger partial charge in [-0.05, 0) is 31.5 Å². The first kappa shape index (κ1) is 15.5. The van der Waals surface area contributed by atoms with Gasteiger partial charge < -0.3 is 9.47 Å². The zero-order valence-electron chi connectivity index (χ0n) is 9.95. The first-order valence-electron chi connectivity index (χ1n) is 5.15. The first-order valence-corrected chi connectivity index (χ1v) is 5.15. The minimum atomic E-state index is -5.05. The van der Waals surface area contributed by atoms with E-state index in [2.05, 4.69) is 4.74 Å². The molecule has 0 radical (unpaired) electrons. The van der Waals surface area contributed by atoms with Gasteiger partial charge >= 0.3 is 12.5 Å². The van der Waals surface area contributed by atoms with Crippen molar-refractivity contribution in [2.45, 2.75) is 26.4 Å². The molecule has 0 aliphatic rings. The fraction of sp³-hybridized carbons (Fsp3) is 0.455. The molecule has 0 aromatic heterocycles. The van der Waals surface area contributed by atoms with Gasteiger partial charge in [-0.15, -0.1) is 13.2 Å². The van der Waals surface area contributed by atoms with Gasteiger partial charge in [0, 0.05) is 0 Å². The van der Waals surface area contributed by atoms with Gasteiger partial charge in [-0.3, -0.25) is 0 Å². The van der Waals surface area contributed by atoms with Crippen LogP contribution in [0.3, 0.4) is 0 Å². The van der Waals surface area contributed by atoms with Crippen LogP contribution in [0, 0.1) is 6.92 Å². The number of hydrogen-bond donors (Lipinski definition) is 0. The lowest BCUT2D eigenvalue weighted by Gasteiger charge is -2.18. The third-order valence-corrected chi connectivity index (χ3v) is 2.08. The smallest absolute Gasteiger partial charge is 0.493 e. The summed E-state index contributed by atoms with van der Waals surface area (Å²) < 4.78 is 82.6. The summed E-state index contributed by atoms with van der Waals surface area (Å²) >= 11 is 0. The molecular formula is C11H10F6O2. The van der Waals surface area contributed by atoms with Crippen LogP contribution in [0.15, 0.2) is 12.1 Å². The van der Waals surface area contributed by atoms with Gasteiger partial charge in [-0.1, -0.05) is 0 Å². The molecule has 1 rings (SSSR count). The molecule has 0 aliphatic carbocycles. The predicted molar refractivity (Wildman–Crippen MR) is 54.0 cm³/mol. The van der Waals surface area contributed by atoms with Crippen LogP contribution in [0.4, 0.5) is 26.3 Å². The van der Waals surface area contributed by atoms with Crippen molar-refractivity contribution < 1.29 is 35.8 Å².